The van der Waals surface area contributed by atoms with Gasteiger partial charge in [0.2, 0.25) is 5.91 Å². The molecule has 1 amide bonds. The maximum Gasteiger partial charge on any atom is 0.311 e. The number of carbonyl (C=O) groups excluding carboxylic acids is 3. The van der Waals surface area contributed by atoms with E-state index in [9.17, 15) is 34.8 Å². The van der Waals surface area contributed by atoms with Crippen molar-refractivity contribution in [2.24, 2.45) is 17.8 Å². The average Bonchev–Trinajstić information content (AvgIpc) is 3.22. The number of hydrogen-bond acceptors (Lipinski definition) is 17. The fourth-order valence-electron chi connectivity index (χ4n) is 9.83. The number of nitrogens with one attached hydrogen (secondary N) is 1. The van der Waals surface area contributed by atoms with Gasteiger partial charge in [-0.05, 0) is 101 Å². The first-order valence-corrected chi connectivity index (χ1v) is 23.2. The predicted molar refractivity (Wildman–Crippen MR) is 237 cm³/mol. The van der Waals surface area contributed by atoms with E-state index >= 15 is 0 Å². The van der Waals surface area contributed by atoms with Gasteiger partial charge in [-0.15, -0.1) is 0 Å². The maximum absolute atomic E-state index is 14.5. The van der Waals surface area contributed by atoms with E-state index in [0.717, 1.165) is 0 Å². The number of aliphatic hydroxyl groups is 4. The summed E-state index contributed by atoms with van der Waals surface area (Å²) in [7, 11) is 8.52. The van der Waals surface area contributed by atoms with Crippen LogP contribution in [0, 0.1) is 17.8 Å². The van der Waals surface area contributed by atoms with E-state index in [-0.39, 0.29) is 62.7 Å². The molecule has 3 saturated heterocycles. The molecule has 0 unspecified atom stereocenters. The highest BCUT2D eigenvalue weighted by molar-refractivity contribution is 5.81. The third-order valence-electron chi connectivity index (χ3n) is 13.9. The van der Waals surface area contributed by atoms with Gasteiger partial charge in [0.05, 0.1) is 55.1 Å². The smallest absolute Gasteiger partial charge is 0.311 e. The van der Waals surface area contributed by atoms with Crippen molar-refractivity contribution in [3.8, 4) is 0 Å². The lowest BCUT2D eigenvalue weighted by molar-refractivity contribution is -0.321. The van der Waals surface area contributed by atoms with Gasteiger partial charge in [0.15, 0.2) is 12.6 Å². The number of hydrogen-bond donors (Lipinski definition) is 5. The molecule has 18 heteroatoms. The van der Waals surface area contributed by atoms with E-state index in [2.05, 4.69) is 10.1 Å². The number of aliphatic hydroxyl groups excluding tert-OH is 2. The normalized spacial score (nSPS) is 42.3. The number of amides is 1. The summed E-state index contributed by atoms with van der Waals surface area (Å²) in [6.45, 7) is 18.6. The minimum atomic E-state index is -1.83. The summed E-state index contributed by atoms with van der Waals surface area (Å²) in [6, 6.07) is -0.747. The van der Waals surface area contributed by atoms with E-state index in [4.69, 9.17) is 33.2 Å². The molecule has 18 atom stereocenters. The Morgan fingerprint density at radius 3 is 2.19 bits per heavy atom. The Kier molecular flexibility index (Phi) is 21.3. The number of likely N-dealkylation sites (N-methyl/N-ethyl adjacent to an activating group) is 2. The maximum atomic E-state index is 14.5. The summed E-state index contributed by atoms with van der Waals surface area (Å²) < 4.78 is 49.8. The molecule has 0 aromatic carbocycles. The molecular formula is C46H85N3O15. The number of ether oxygens (including phenoxy) is 8. The number of methoxy groups -OCH3 is 2. The summed E-state index contributed by atoms with van der Waals surface area (Å²) >= 11 is 0. The Bertz CT molecular complexity index is 1470. The standard InChI is InChI=1S/C46H85N3O15/c1-16-33-46(10,56)39(52)30(6)49(13)25-26(2)23-44(8,55)41(28(4)37(29(5)42(54)62-33)63-36-24-45(9,58-15)40(53)31(7)61-36)64-43-38(32(48(11)12)22-27(3)60-43)59-21-17-20-47-34(50)18-19-35(51)57-14/h26-33,36-41,43,52-53,55-56H,16-25H2,1-15H3,(H,47,50)/t26-,27-,28+,29-,30-,31+,32+,33-,36+,37+,38-,39-,40+,41-,43+,44-,45-,46-/m1/s1. The highest BCUT2D eigenvalue weighted by atomic mass is 16.7. The minimum Gasteiger partial charge on any atom is -0.469 e. The SMILES string of the molecule is CC[C@H]1OC(=O)[C@H](C)[C@@H](O[C@H]2C[C@@](C)(OC)[C@@H](O)[C@H](C)O2)[C@H](C)[C@@H](O[C@@H]2O[C@H](C)C[C@H](N(C)C)[C@H]2OCCCNC(=O)CCC(=O)OC)[C@](C)(O)C[C@@H](C)CN(C)[C@H](C)[C@@H](O)[C@]1(C)O. The molecule has 0 spiro atoms. The first-order chi connectivity index (χ1) is 29.7. The van der Waals surface area contributed by atoms with Crippen LogP contribution in [0.3, 0.4) is 0 Å². The van der Waals surface area contributed by atoms with Crippen LogP contribution in [0.5, 0.6) is 0 Å². The summed E-state index contributed by atoms with van der Waals surface area (Å²) in [6.07, 6.45) is -7.54. The molecule has 3 fully saturated rings. The molecule has 0 bridgehead atoms. The zero-order valence-corrected chi connectivity index (χ0v) is 41.4. The Morgan fingerprint density at radius 2 is 1.59 bits per heavy atom. The van der Waals surface area contributed by atoms with Crippen LogP contribution >= 0.6 is 0 Å². The van der Waals surface area contributed by atoms with Gasteiger partial charge in [-0.1, -0.05) is 20.8 Å². The molecule has 64 heavy (non-hydrogen) atoms. The van der Waals surface area contributed by atoms with Crippen molar-refractivity contribution in [1.29, 1.82) is 0 Å². The lowest BCUT2D eigenvalue weighted by Crippen LogP contribution is -2.61. The van der Waals surface area contributed by atoms with Crippen molar-refractivity contribution in [1.82, 2.24) is 15.1 Å². The van der Waals surface area contributed by atoms with Gasteiger partial charge in [-0.3, -0.25) is 14.4 Å². The molecule has 0 saturated carbocycles. The van der Waals surface area contributed by atoms with Crippen molar-refractivity contribution >= 4 is 17.8 Å². The lowest BCUT2D eigenvalue weighted by Gasteiger charge is -2.49. The van der Waals surface area contributed by atoms with E-state index in [1.165, 1.54) is 21.1 Å². The molecule has 374 valence electrons. The van der Waals surface area contributed by atoms with Gasteiger partial charge in [0.1, 0.15) is 30.0 Å². The first-order valence-electron chi connectivity index (χ1n) is 23.2. The summed E-state index contributed by atoms with van der Waals surface area (Å²) in [5.74, 6) is -3.45. The molecule has 0 aliphatic carbocycles. The Labute approximate surface area is 382 Å². The van der Waals surface area contributed by atoms with Gasteiger partial charge in [-0.2, -0.15) is 0 Å². The molecule has 5 N–H and O–H groups in total. The van der Waals surface area contributed by atoms with Gasteiger partial charge in [0.25, 0.3) is 0 Å². The molecular weight excluding hydrogens is 835 g/mol. The summed E-state index contributed by atoms with van der Waals surface area (Å²) in [5.41, 5.74) is -4.48. The predicted octanol–water partition coefficient (Wildman–Crippen LogP) is 2.38. The second-order valence-electron chi connectivity index (χ2n) is 19.8. The van der Waals surface area contributed by atoms with E-state index < -0.39 is 102 Å². The first kappa shape index (κ1) is 56.3. The van der Waals surface area contributed by atoms with Crippen LogP contribution in [0.2, 0.25) is 0 Å². The molecule has 18 nitrogen and oxygen atoms in total. The van der Waals surface area contributed by atoms with Crippen LogP contribution in [-0.4, -0.2) is 193 Å². The highest BCUT2D eigenvalue weighted by Crippen LogP contribution is 2.40. The van der Waals surface area contributed by atoms with E-state index in [0.29, 0.717) is 25.9 Å². The Morgan fingerprint density at radius 1 is 0.938 bits per heavy atom. The van der Waals surface area contributed by atoms with Crippen LogP contribution in [0.15, 0.2) is 0 Å². The molecule has 3 rings (SSSR count). The number of cyclic esters (lactones) is 1. The van der Waals surface area contributed by atoms with Crippen molar-refractivity contribution < 1.29 is 72.7 Å². The topological polar surface area (TPSA) is 224 Å². The fourth-order valence-corrected chi connectivity index (χ4v) is 9.83. The molecule has 3 heterocycles. The number of nitrogens with zero attached hydrogens (tertiary/aromatic N) is 2. The Hall–Kier alpha value is -2.07. The zero-order valence-electron chi connectivity index (χ0n) is 41.4. The second kappa shape index (κ2) is 24.3. The van der Waals surface area contributed by atoms with Gasteiger partial charge < -0.3 is 73.4 Å². The summed E-state index contributed by atoms with van der Waals surface area (Å²) in [5, 5.41) is 50.2. The van der Waals surface area contributed by atoms with Gasteiger partial charge in [0, 0.05) is 57.6 Å². The zero-order chi connectivity index (χ0) is 48.5. The molecule has 0 radical (unpaired) electrons. The van der Waals surface area contributed by atoms with Crippen LogP contribution in [0.1, 0.15) is 114 Å². The van der Waals surface area contributed by atoms with Crippen LogP contribution in [0.25, 0.3) is 0 Å². The van der Waals surface area contributed by atoms with Crippen molar-refractivity contribution in [2.75, 3.05) is 55.1 Å². The van der Waals surface area contributed by atoms with Crippen molar-refractivity contribution in [3.05, 3.63) is 0 Å². The Balaban J connectivity index is 2.11. The van der Waals surface area contributed by atoms with Gasteiger partial charge in [-0.25, -0.2) is 0 Å². The number of carbonyl (C=O) groups is 3. The molecule has 3 aliphatic rings. The van der Waals surface area contributed by atoms with Crippen molar-refractivity contribution in [2.45, 2.75) is 204 Å². The molecule has 0 aromatic heterocycles. The second-order valence-corrected chi connectivity index (χ2v) is 19.8. The average molecular weight is 920 g/mol. The lowest BCUT2D eigenvalue weighted by atomic mass is 9.77. The van der Waals surface area contributed by atoms with E-state index in [1.807, 2.05) is 51.7 Å². The summed E-state index contributed by atoms with van der Waals surface area (Å²) in [4.78, 5) is 42.3. The van der Waals surface area contributed by atoms with E-state index in [1.54, 1.807) is 41.5 Å². The van der Waals surface area contributed by atoms with Gasteiger partial charge >= 0.3 is 11.9 Å². The fraction of sp³-hybridized carbons (Fsp3) is 0.935. The quantitative estimate of drug-likeness (QED) is 0.118. The minimum absolute atomic E-state index is 0.0104. The monoisotopic (exact) mass is 920 g/mol. The van der Waals surface area contributed by atoms with Crippen LogP contribution < -0.4 is 5.32 Å². The van der Waals surface area contributed by atoms with Crippen LogP contribution in [0.4, 0.5) is 0 Å². The third kappa shape index (κ3) is 14.5. The highest BCUT2D eigenvalue weighted by Gasteiger charge is 2.53. The number of rotatable bonds is 15. The van der Waals surface area contributed by atoms with Crippen LogP contribution in [-0.2, 0) is 52.3 Å². The third-order valence-corrected chi connectivity index (χ3v) is 13.9. The largest absolute Gasteiger partial charge is 0.469 e. The number of esters is 2. The molecule has 0 aromatic rings. The molecule has 3 aliphatic heterocycles. The van der Waals surface area contributed by atoms with Crippen molar-refractivity contribution in [3.63, 3.8) is 0 Å².